The molecule has 1 saturated heterocycles. The lowest BCUT2D eigenvalue weighted by molar-refractivity contribution is 0.0342. The highest BCUT2D eigenvalue weighted by Gasteiger charge is 2.25. The van der Waals surface area contributed by atoms with Crippen LogP contribution in [0.15, 0.2) is 35.6 Å². The van der Waals surface area contributed by atoms with Gasteiger partial charge < -0.3 is 9.64 Å². The van der Waals surface area contributed by atoms with Crippen molar-refractivity contribution in [2.75, 3.05) is 19.7 Å². The highest BCUT2D eigenvalue weighted by atomic mass is 16.5. The zero-order valence-corrected chi connectivity index (χ0v) is 12.7. The van der Waals surface area contributed by atoms with Crippen molar-refractivity contribution in [2.45, 2.75) is 51.6 Å². The molecular formula is C18H27NO. The molecule has 2 unspecified atom stereocenters. The Bertz CT molecular complexity index is 421. The number of ether oxygens (including phenoxy) is 1. The molecule has 1 heterocycles. The fraction of sp³-hybridized carbons (Fsp3) is 0.667. The molecule has 0 amide bonds. The lowest BCUT2D eigenvalue weighted by Gasteiger charge is -2.24. The van der Waals surface area contributed by atoms with E-state index in [2.05, 4.69) is 36.1 Å². The van der Waals surface area contributed by atoms with Crippen LogP contribution in [0, 0.1) is 5.92 Å². The second-order valence-corrected chi connectivity index (χ2v) is 6.49. The minimum atomic E-state index is 0.443. The SMILES string of the molecule is CC1=CCC(COC2CCN(C3=CCCC=C3)C2)CC1. The van der Waals surface area contributed by atoms with Crippen LogP contribution in [0.4, 0.5) is 0 Å². The molecule has 0 aromatic carbocycles. The van der Waals surface area contributed by atoms with Crippen molar-refractivity contribution in [3.63, 3.8) is 0 Å². The van der Waals surface area contributed by atoms with Gasteiger partial charge in [-0.25, -0.2) is 0 Å². The summed E-state index contributed by atoms with van der Waals surface area (Å²) in [6.07, 6.45) is 17.2. The lowest BCUT2D eigenvalue weighted by Crippen LogP contribution is -2.24. The first-order chi connectivity index (χ1) is 9.81. The van der Waals surface area contributed by atoms with E-state index >= 15 is 0 Å². The second kappa shape index (κ2) is 6.62. The topological polar surface area (TPSA) is 12.5 Å². The summed E-state index contributed by atoms with van der Waals surface area (Å²) in [4.78, 5) is 2.49. The third kappa shape index (κ3) is 3.54. The van der Waals surface area contributed by atoms with E-state index in [0.29, 0.717) is 6.10 Å². The van der Waals surface area contributed by atoms with Crippen molar-refractivity contribution in [3.05, 3.63) is 35.6 Å². The summed E-state index contributed by atoms with van der Waals surface area (Å²) in [5.74, 6) is 0.751. The monoisotopic (exact) mass is 273 g/mol. The molecule has 0 radical (unpaired) electrons. The van der Waals surface area contributed by atoms with Gasteiger partial charge in [-0.1, -0.05) is 23.8 Å². The van der Waals surface area contributed by atoms with E-state index in [1.807, 2.05) is 0 Å². The second-order valence-electron chi connectivity index (χ2n) is 6.49. The minimum Gasteiger partial charge on any atom is -0.376 e. The Morgan fingerprint density at radius 2 is 2.20 bits per heavy atom. The van der Waals surface area contributed by atoms with E-state index in [-0.39, 0.29) is 0 Å². The fourth-order valence-electron chi connectivity index (χ4n) is 3.38. The molecule has 2 nitrogen and oxygen atoms in total. The first-order valence-corrected chi connectivity index (χ1v) is 8.20. The van der Waals surface area contributed by atoms with Gasteiger partial charge in [0.2, 0.25) is 0 Å². The molecule has 0 saturated carbocycles. The molecule has 1 fully saturated rings. The Hall–Kier alpha value is -1.02. The highest BCUT2D eigenvalue weighted by Crippen LogP contribution is 2.26. The Morgan fingerprint density at radius 3 is 2.95 bits per heavy atom. The van der Waals surface area contributed by atoms with Crippen LogP contribution in [0.1, 0.15) is 45.4 Å². The molecule has 0 bridgehead atoms. The Labute approximate surface area is 123 Å². The molecule has 0 aromatic heterocycles. The van der Waals surface area contributed by atoms with Crippen LogP contribution in [0.5, 0.6) is 0 Å². The summed E-state index contributed by atoms with van der Waals surface area (Å²) in [5, 5.41) is 0. The van der Waals surface area contributed by atoms with E-state index in [1.165, 1.54) is 44.2 Å². The van der Waals surface area contributed by atoms with Crippen LogP contribution in [-0.4, -0.2) is 30.7 Å². The zero-order chi connectivity index (χ0) is 13.8. The number of allylic oxidation sites excluding steroid dienone is 5. The number of nitrogens with zero attached hydrogens (tertiary/aromatic N) is 1. The van der Waals surface area contributed by atoms with E-state index in [0.717, 1.165) is 25.6 Å². The van der Waals surface area contributed by atoms with E-state index in [9.17, 15) is 0 Å². The predicted octanol–water partition coefficient (Wildman–Crippen LogP) is 4.06. The largest absolute Gasteiger partial charge is 0.376 e. The maximum atomic E-state index is 6.18. The van der Waals surface area contributed by atoms with Gasteiger partial charge in [0.05, 0.1) is 12.7 Å². The van der Waals surface area contributed by atoms with Crippen LogP contribution in [0.3, 0.4) is 0 Å². The van der Waals surface area contributed by atoms with Gasteiger partial charge >= 0.3 is 0 Å². The van der Waals surface area contributed by atoms with Gasteiger partial charge in [0.1, 0.15) is 0 Å². The summed E-state index contributed by atoms with van der Waals surface area (Å²) >= 11 is 0. The molecule has 0 spiro atoms. The van der Waals surface area contributed by atoms with Crippen molar-refractivity contribution in [3.8, 4) is 0 Å². The lowest BCUT2D eigenvalue weighted by atomic mass is 9.91. The molecule has 0 aromatic rings. The number of rotatable bonds is 4. The van der Waals surface area contributed by atoms with Crippen molar-refractivity contribution < 1.29 is 4.74 Å². The molecule has 110 valence electrons. The predicted molar refractivity (Wildman–Crippen MR) is 83.5 cm³/mol. The summed E-state index contributed by atoms with van der Waals surface area (Å²) in [6, 6.07) is 0. The molecule has 2 aliphatic carbocycles. The summed E-state index contributed by atoms with van der Waals surface area (Å²) in [7, 11) is 0. The maximum Gasteiger partial charge on any atom is 0.0766 e. The summed E-state index contributed by atoms with van der Waals surface area (Å²) in [5.41, 5.74) is 2.97. The quantitative estimate of drug-likeness (QED) is 0.716. The normalized spacial score (nSPS) is 30.4. The third-order valence-corrected chi connectivity index (χ3v) is 4.80. The van der Waals surface area contributed by atoms with Crippen LogP contribution in [-0.2, 0) is 4.74 Å². The van der Waals surface area contributed by atoms with Gasteiger partial charge in [0, 0.05) is 18.8 Å². The van der Waals surface area contributed by atoms with Crippen molar-refractivity contribution in [1.29, 1.82) is 0 Å². The average Bonchev–Trinajstić information content (AvgIpc) is 2.97. The smallest absolute Gasteiger partial charge is 0.0766 e. The molecular weight excluding hydrogens is 246 g/mol. The number of hydrogen-bond acceptors (Lipinski definition) is 2. The van der Waals surface area contributed by atoms with Gasteiger partial charge in [-0.15, -0.1) is 0 Å². The molecule has 3 aliphatic rings. The Kier molecular flexibility index (Phi) is 4.62. The van der Waals surface area contributed by atoms with Gasteiger partial charge in [-0.05, 0) is 57.4 Å². The van der Waals surface area contributed by atoms with Gasteiger partial charge in [-0.3, -0.25) is 0 Å². The van der Waals surface area contributed by atoms with E-state index in [1.54, 1.807) is 5.57 Å². The maximum absolute atomic E-state index is 6.18. The van der Waals surface area contributed by atoms with Crippen LogP contribution in [0.25, 0.3) is 0 Å². The molecule has 3 rings (SSSR count). The van der Waals surface area contributed by atoms with Crippen LogP contribution < -0.4 is 0 Å². The van der Waals surface area contributed by atoms with Crippen molar-refractivity contribution in [1.82, 2.24) is 4.90 Å². The van der Waals surface area contributed by atoms with E-state index in [4.69, 9.17) is 4.74 Å². The third-order valence-electron chi connectivity index (χ3n) is 4.80. The molecule has 2 atom stereocenters. The fourth-order valence-corrected chi connectivity index (χ4v) is 3.38. The average molecular weight is 273 g/mol. The number of hydrogen-bond donors (Lipinski definition) is 0. The number of likely N-dealkylation sites (tertiary alicyclic amines) is 1. The minimum absolute atomic E-state index is 0.443. The molecule has 20 heavy (non-hydrogen) atoms. The van der Waals surface area contributed by atoms with Crippen LogP contribution >= 0.6 is 0 Å². The van der Waals surface area contributed by atoms with Gasteiger partial charge in [-0.2, -0.15) is 0 Å². The highest BCUT2D eigenvalue weighted by molar-refractivity contribution is 5.22. The summed E-state index contributed by atoms with van der Waals surface area (Å²) in [6.45, 7) is 5.44. The van der Waals surface area contributed by atoms with Gasteiger partial charge in [0.25, 0.3) is 0 Å². The first kappa shape index (κ1) is 13.9. The standard InChI is InChI=1S/C18H27NO/c1-15-7-9-16(10-8-15)14-20-18-11-12-19(13-18)17-5-3-2-4-6-17/h3,5-7,16,18H,2,4,8-14H2,1H3. The van der Waals surface area contributed by atoms with Crippen molar-refractivity contribution in [2.24, 2.45) is 5.92 Å². The first-order valence-electron chi connectivity index (χ1n) is 8.20. The zero-order valence-electron chi connectivity index (χ0n) is 12.7. The van der Waals surface area contributed by atoms with Crippen molar-refractivity contribution >= 4 is 0 Å². The Morgan fingerprint density at radius 1 is 1.25 bits per heavy atom. The van der Waals surface area contributed by atoms with Crippen LogP contribution in [0.2, 0.25) is 0 Å². The molecule has 0 N–H and O–H groups in total. The van der Waals surface area contributed by atoms with Gasteiger partial charge in [0.15, 0.2) is 0 Å². The summed E-state index contributed by atoms with van der Waals surface area (Å²) < 4.78 is 6.18. The molecule has 1 aliphatic heterocycles. The molecule has 2 heteroatoms. The Balaban J connectivity index is 1.42. The van der Waals surface area contributed by atoms with E-state index < -0.39 is 0 Å².